The third-order valence-electron chi connectivity index (χ3n) is 3.38. The van der Waals surface area contributed by atoms with E-state index in [0.717, 1.165) is 6.04 Å². The first-order chi connectivity index (χ1) is 9.03. The van der Waals surface area contributed by atoms with Gasteiger partial charge < -0.3 is 15.4 Å². The van der Waals surface area contributed by atoms with Gasteiger partial charge in [0.1, 0.15) is 5.60 Å². The van der Waals surface area contributed by atoms with Gasteiger partial charge in [0.05, 0.1) is 0 Å². The molecule has 5 nitrogen and oxygen atoms in total. The fourth-order valence-corrected chi connectivity index (χ4v) is 2.36. The highest BCUT2D eigenvalue weighted by Crippen LogP contribution is 2.11. The van der Waals surface area contributed by atoms with Crippen LogP contribution in [0.15, 0.2) is 0 Å². The van der Waals surface area contributed by atoms with E-state index < -0.39 is 0 Å². The van der Waals surface area contributed by atoms with Gasteiger partial charge in [-0.3, -0.25) is 9.69 Å². The number of hydrogen-bond acceptors (Lipinski definition) is 5. The lowest BCUT2D eigenvalue weighted by Gasteiger charge is -2.37. The zero-order valence-electron chi connectivity index (χ0n) is 12.6. The molecule has 2 aliphatic rings. The van der Waals surface area contributed by atoms with Crippen LogP contribution in [0.5, 0.6) is 0 Å². The van der Waals surface area contributed by atoms with E-state index in [1.165, 1.54) is 52.1 Å². The topological polar surface area (TPSA) is 53.6 Å². The van der Waals surface area contributed by atoms with Crippen LogP contribution in [0.3, 0.4) is 0 Å². The molecule has 0 unspecified atom stereocenters. The molecule has 0 atom stereocenters. The van der Waals surface area contributed by atoms with E-state index in [-0.39, 0.29) is 5.60 Å². The largest absolute Gasteiger partial charge is 0.462 e. The number of carbonyl (C=O) groups is 1. The molecule has 0 aromatic carbocycles. The van der Waals surface area contributed by atoms with Gasteiger partial charge in [-0.15, -0.1) is 0 Å². The smallest absolute Gasteiger partial charge is 0.293 e. The van der Waals surface area contributed by atoms with Gasteiger partial charge in [-0.2, -0.15) is 0 Å². The molecule has 0 aromatic rings. The van der Waals surface area contributed by atoms with Gasteiger partial charge >= 0.3 is 0 Å². The molecule has 0 aromatic heterocycles. The summed E-state index contributed by atoms with van der Waals surface area (Å²) in [7, 11) is 0. The van der Waals surface area contributed by atoms with Gasteiger partial charge in [-0.05, 0) is 46.7 Å². The molecule has 5 heteroatoms. The molecule has 0 spiro atoms. The van der Waals surface area contributed by atoms with Crippen molar-refractivity contribution in [3.8, 4) is 0 Å². The van der Waals surface area contributed by atoms with E-state index in [1.807, 2.05) is 20.8 Å². The Labute approximate surface area is 117 Å². The second-order valence-corrected chi connectivity index (χ2v) is 6.09. The van der Waals surface area contributed by atoms with Crippen LogP contribution in [0.1, 0.15) is 33.6 Å². The Morgan fingerprint density at radius 3 is 2.00 bits per heavy atom. The number of carbonyl (C=O) groups excluding carboxylic acids is 1. The zero-order valence-corrected chi connectivity index (χ0v) is 12.6. The Morgan fingerprint density at radius 1 is 1.05 bits per heavy atom. The summed E-state index contributed by atoms with van der Waals surface area (Å²) in [6.07, 6.45) is 2.69. The maximum atomic E-state index is 9.60. The van der Waals surface area contributed by atoms with Crippen molar-refractivity contribution in [2.75, 3.05) is 39.3 Å². The summed E-state index contributed by atoms with van der Waals surface area (Å²) >= 11 is 0. The monoisotopic (exact) mass is 271 g/mol. The van der Waals surface area contributed by atoms with Crippen molar-refractivity contribution in [1.29, 1.82) is 0 Å². The van der Waals surface area contributed by atoms with Gasteiger partial charge in [0.2, 0.25) is 0 Å². The van der Waals surface area contributed by atoms with Crippen molar-refractivity contribution in [2.45, 2.75) is 45.3 Å². The van der Waals surface area contributed by atoms with Crippen LogP contribution in [0.4, 0.5) is 0 Å². The maximum Gasteiger partial charge on any atom is 0.293 e. The Hall–Kier alpha value is -0.650. The Bertz CT molecular complexity index is 226. The number of rotatable bonds is 2. The first-order valence-electron chi connectivity index (χ1n) is 7.30. The molecule has 2 rings (SSSR count). The molecule has 0 saturated carbocycles. The summed E-state index contributed by atoms with van der Waals surface area (Å²) in [4.78, 5) is 12.2. The van der Waals surface area contributed by atoms with Crippen LogP contribution in [-0.4, -0.2) is 62.3 Å². The number of ether oxygens (including phenoxy) is 1. The van der Waals surface area contributed by atoms with Crippen molar-refractivity contribution >= 4 is 6.47 Å². The summed E-state index contributed by atoms with van der Waals surface area (Å²) in [5.74, 6) is 0. The highest BCUT2D eigenvalue weighted by atomic mass is 16.5. The molecule has 19 heavy (non-hydrogen) atoms. The van der Waals surface area contributed by atoms with Crippen LogP contribution in [0.25, 0.3) is 0 Å². The first-order valence-corrected chi connectivity index (χ1v) is 7.30. The number of nitrogens with one attached hydrogen (secondary N) is 2. The third kappa shape index (κ3) is 7.50. The van der Waals surface area contributed by atoms with Gasteiger partial charge in [0, 0.05) is 32.2 Å². The van der Waals surface area contributed by atoms with Gasteiger partial charge in [-0.1, -0.05) is 0 Å². The Kier molecular flexibility index (Phi) is 7.34. The Balaban J connectivity index is 0.000000224. The predicted octanol–water partition coefficient (Wildman–Crippen LogP) is 0.602. The van der Waals surface area contributed by atoms with Crippen LogP contribution < -0.4 is 10.6 Å². The minimum absolute atomic E-state index is 0.318. The van der Waals surface area contributed by atoms with Crippen molar-refractivity contribution in [2.24, 2.45) is 0 Å². The minimum Gasteiger partial charge on any atom is -0.462 e. The summed E-state index contributed by atoms with van der Waals surface area (Å²) < 4.78 is 4.55. The van der Waals surface area contributed by atoms with Crippen LogP contribution in [0.2, 0.25) is 0 Å². The summed E-state index contributed by atoms with van der Waals surface area (Å²) in [6.45, 7) is 13.2. The molecule has 2 N–H and O–H groups in total. The number of hydrogen-bond donors (Lipinski definition) is 2. The average Bonchev–Trinajstić information content (AvgIpc) is 2.40. The van der Waals surface area contributed by atoms with E-state index in [2.05, 4.69) is 20.3 Å². The van der Waals surface area contributed by atoms with Gasteiger partial charge in [-0.25, -0.2) is 0 Å². The van der Waals surface area contributed by atoms with Crippen LogP contribution in [-0.2, 0) is 9.53 Å². The first kappa shape index (κ1) is 16.4. The minimum atomic E-state index is -0.318. The van der Waals surface area contributed by atoms with Crippen LogP contribution in [0, 0.1) is 0 Å². The third-order valence-corrected chi connectivity index (χ3v) is 3.38. The average molecular weight is 271 g/mol. The maximum absolute atomic E-state index is 9.60. The molecule has 112 valence electrons. The second kappa shape index (κ2) is 8.51. The summed E-state index contributed by atoms with van der Waals surface area (Å²) in [5, 5.41) is 6.81. The SMILES string of the molecule is C1CC(N2CCNCC2)CCN1.CC(C)(C)OC=O. The quantitative estimate of drug-likeness (QED) is 0.721. The Morgan fingerprint density at radius 2 is 1.58 bits per heavy atom. The number of nitrogens with zero attached hydrogens (tertiary/aromatic N) is 1. The van der Waals surface area contributed by atoms with E-state index in [9.17, 15) is 4.79 Å². The molecule has 0 radical (unpaired) electrons. The number of piperazine rings is 1. The van der Waals surface area contributed by atoms with E-state index in [0.29, 0.717) is 6.47 Å². The fourth-order valence-electron chi connectivity index (χ4n) is 2.36. The van der Waals surface area contributed by atoms with E-state index in [4.69, 9.17) is 0 Å². The predicted molar refractivity (Wildman–Crippen MR) is 77.2 cm³/mol. The molecular weight excluding hydrogens is 242 g/mol. The molecular formula is C14H29N3O2. The second-order valence-electron chi connectivity index (χ2n) is 6.09. The highest BCUT2D eigenvalue weighted by Gasteiger charge is 2.21. The summed E-state index contributed by atoms with van der Waals surface area (Å²) in [5.41, 5.74) is -0.318. The normalized spacial score (nSPS) is 22.3. The van der Waals surface area contributed by atoms with Crippen molar-refractivity contribution in [3.63, 3.8) is 0 Å². The van der Waals surface area contributed by atoms with E-state index >= 15 is 0 Å². The van der Waals surface area contributed by atoms with Gasteiger partial charge in [0.25, 0.3) is 6.47 Å². The molecule has 2 fully saturated rings. The lowest BCUT2D eigenvalue weighted by Crippen LogP contribution is -2.51. The fraction of sp³-hybridized carbons (Fsp3) is 0.929. The van der Waals surface area contributed by atoms with E-state index in [1.54, 1.807) is 0 Å². The molecule has 0 bridgehead atoms. The van der Waals surface area contributed by atoms with Crippen molar-refractivity contribution in [1.82, 2.24) is 15.5 Å². The lowest BCUT2D eigenvalue weighted by molar-refractivity contribution is -0.138. The molecule has 0 aliphatic carbocycles. The van der Waals surface area contributed by atoms with Crippen LogP contribution >= 0.6 is 0 Å². The highest BCUT2D eigenvalue weighted by molar-refractivity contribution is 5.37. The summed E-state index contributed by atoms with van der Waals surface area (Å²) in [6, 6.07) is 0.869. The zero-order chi connectivity index (χ0) is 14.1. The number of piperidine rings is 1. The lowest BCUT2D eigenvalue weighted by atomic mass is 10.0. The van der Waals surface area contributed by atoms with Crippen molar-refractivity contribution in [3.05, 3.63) is 0 Å². The molecule has 2 aliphatic heterocycles. The molecule has 0 amide bonds. The van der Waals surface area contributed by atoms with Crippen molar-refractivity contribution < 1.29 is 9.53 Å². The van der Waals surface area contributed by atoms with Gasteiger partial charge in [0.15, 0.2) is 0 Å². The molecule has 2 heterocycles. The molecule has 2 saturated heterocycles. The standard InChI is InChI=1S/C9H19N3.C5H10O2/c1-3-10-4-2-9(1)12-7-5-11-6-8-12;1-5(2,3)7-4-6/h9-11H,1-8H2;4H,1-3H3.